The van der Waals surface area contributed by atoms with Crippen molar-refractivity contribution >= 4 is 21.6 Å². The molecule has 1 amide bonds. The molecule has 0 bridgehead atoms. The number of benzene rings is 2. The number of rotatable bonds is 4. The summed E-state index contributed by atoms with van der Waals surface area (Å²) in [6.07, 6.45) is 3.83. The number of sulfonamides is 1. The number of likely N-dealkylation sites (tertiary alicyclic amines) is 1. The third-order valence-electron chi connectivity index (χ3n) is 8.11. The molecule has 3 N–H and O–H groups in total. The first-order valence-corrected chi connectivity index (χ1v) is 14.6. The number of anilines is 1. The SMILES string of the molecule is Cn1cnc(S(=O)(=O)[N+]2(C(=O)c3ccc(C#Cc4ccccc4)o3)CCC3(CC2)CNc2ccc(CN)cc23)c1. The Bertz CT molecular complexity index is 1750. The number of nitrogens with one attached hydrogen (secondary N) is 1. The molecule has 40 heavy (non-hydrogen) atoms. The summed E-state index contributed by atoms with van der Waals surface area (Å²) in [5.74, 6) is 5.57. The van der Waals surface area contributed by atoms with E-state index in [9.17, 15) is 13.2 Å². The first kappa shape index (κ1) is 26.1. The van der Waals surface area contributed by atoms with Crippen LogP contribution >= 0.6 is 0 Å². The molecular weight excluding hydrogens is 526 g/mol. The van der Waals surface area contributed by atoms with Crippen molar-refractivity contribution in [1.29, 1.82) is 0 Å². The number of aryl methyl sites for hydroxylation is 1. The highest BCUT2D eigenvalue weighted by Crippen LogP contribution is 2.47. The second-order valence-electron chi connectivity index (χ2n) is 10.5. The van der Waals surface area contributed by atoms with E-state index in [-0.39, 0.29) is 35.1 Å². The van der Waals surface area contributed by atoms with Gasteiger partial charge >= 0.3 is 15.9 Å². The van der Waals surface area contributed by atoms with Crippen molar-refractivity contribution in [3.8, 4) is 11.8 Å². The molecule has 2 aromatic carbocycles. The van der Waals surface area contributed by atoms with Gasteiger partial charge in [0.1, 0.15) is 13.1 Å². The van der Waals surface area contributed by atoms with Crippen LogP contribution in [0, 0.1) is 11.8 Å². The predicted octanol–water partition coefficient (Wildman–Crippen LogP) is 3.37. The van der Waals surface area contributed by atoms with Crippen molar-refractivity contribution < 1.29 is 21.5 Å². The highest BCUT2D eigenvalue weighted by Gasteiger charge is 2.58. The lowest BCUT2D eigenvalue weighted by Crippen LogP contribution is -2.62. The summed E-state index contributed by atoms with van der Waals surface area (Å²) in [7, 11) is -2.51. The van der Waals surface area contributed by atoms with Crippen LogP contribution in [0.25, 0.3) is 0 Å². The van der Waals surface area contributed by atoms with Crippen LogP contribution in [0.3, 0.4) is 0 Å². The Morgan fingerprint density at radius 2 is 1.90 bits per heavy atom. The number of fused-ring (bicyclic) bond motifs is 2. The molecule has 0 radical (unpaired) electrons. The Hall–Kier alpha value is -4.17. The lowest BCUT2D eigenvalue weighted by Gasteiger charge is -2.43. The number of carbonyl (C=O) groups excluding carboxylic acids is 1. The minimum absolute atomic E-state index is 0.0387. The van der Waals surface area contributed by atoms with E-state index >= 15 is 0 Å². The zero-order chi connectivity index (χ0) is 28.0. The molecule has 1 spiro atoms. The molecule has 0 saturated carbocycles. The first-order chi connectivity index (χ1) is 19.3. The number of nitrogens with two attached hydrogens (primary N) is 1. The molecule has 204 valence electrons. The number of aromatic nitrogens is 2. The van der Waals surface area contributed by atoms with Crippen molar-refractivity contribution in [3.05, 3.63) is 101 Å². The van der Waals surface area contributed by atoms with Crippen molar-refractivity contribution in [1.82, 2.24) is 9.55 Å². The lowest BCUT2D eigenvalue weighted by molar-refractivity contribution is -0.730. The van der Waals surface area contributed by atoms with Gasteiger partial charge in [-0.1, -0.05) is 36.3 Å². The fraction of sp³-hybridized carbons (Fsp3) is 0.267. The van der Waals surface area contributed by atoms with E-state index in [0.29, 0.717) is 25.9 Å². The van der Waals surface area contributed by atoms with Crippen molar-refractivity contribution in [3.63, 3.8) is 0 Å². The summed E-state index contributed by atoms with van der Waals surface area (Å²) in [6.45, 7) is 1.26. The van der Waals surface area contributed by atoms with Crippen LogP contribution < -0.4 is 11.1 Å². The second kappa shape index (κ2) is 9.78. The lowest BCUT2D eigenvalue weighted by atomic mass is 9.74. The number of imidazole rings is 1. The highest BCUT2D eigenvalue weighted by atomic mass is 32.2. The Kier molecular flexibility index (Phi) is 6.38. The first-order valence-electron chi connectivity index (χ1n) is 13.2. The number of hydrogen-bond donors (Lipinski definition) is 2. The minimum atomic E-state index is -4.21. The van der Waals surface area contributed by atoms with Crippen molar-refractivity contribution in [2.75, 3.05) is 25.0 Å². The number of piperidine rings is 1. The van der Waals surface area contributed by atoms with Gasteiger partial charge in [-0.25, -0.2) is 9.78 Å². The number of amides is 1. The average Bonchev–Trinajstić information content (AvgIpc) is 3.72. The molecule has 4 heterocycles. The molecule has 2 aliphatic heterocycles. The molecule has 4 aromatic rings. The van der Waals surface area contributed by atoms with E-state index in [4.69, 9.17) is 10.2 Å². The third-order valence-corrected chi connectivity index (χ3v) is 10.3. The van der Waals surface area contributed by atoms with Gasteiger partial charge in [-0.2, -0.15) is 8.42 Å². The maximum atomic E-state index is 14.2. The van der Waals surface area contributed by atoms with Gasteiger partial charge < -0.3 is 20.0 Å². The summed E-state index contributed by atoms with van der Waals surface area (Å²) in [5.41, 5.74) is 9.60. The third kappa shape index (κ3) is 4.23. The molecule has 1 fully saturated rings. The van der Waals surface area contributed by atoms with Gasteiger partial charge in [0.05, 0.1) is 6.33 Å². The minimum Gasteiger partial charge on any atom is -0.438 e. The Balaban J connectivity index is 1.36. The molecule has 9 nitrogen and oxygen atoms in total. The number of carbonyl (C=O) groups is 1. The van der Waals surface area contributed by atoms with Gasteiger partial charge in [0.2, 0.25) is 10.8 Å². The second-order valence-corrected chi connectivity index (χ2v) is 12.6. The van der Waals surface area contributed by atoms with E-state index in [2.05, 4.69) is 28.2 Å². The van der Waals surface area contributed by atoms with E-state index in [1.807, 2.05) is 42.5 Å². The van der Waals surface area contributed by atoms with E-state index in [1.54, 1.807) is 17.7 Å². The van der Waals surface area contributed by atoms with Gasteiger partial charge in [-0.05, 0) is 47.4 Å². The monoisotopic (exact) mass is 556 g/mol. The topological polar surface area (TPSA) is 120 Å². The maximum Gasteiger partial charge on any atom is 0.396 e. The van der Waals surface area contributed by atoms with E-state index < -0.39 is 19.8 Å². The zero-order valence-corrected chi connectivity index (χ0v) is 22.9. The fourth-order valence-corrected chi connectivity index (χ4v) is 7.58. The molecule has 0 aliphatic carbocycles. The standard InChI is InChI=1S/C30H30N5O4S/c1-34-19-28(33-21-34)40(37,38)35(29(36)27-12-10-24(39-27)9-7-22-5-3-2-4-6-22)15-13-30(14-16-35)20-32-26-11-8-23(18-31)17-25(26)30/h2-6,8,10-12,17,19,21,32H,13-16,18,20,31H2,1H3/q+1. The molecule has 10 heteroatoms. The van der Waals surface area contributed by atoms with Crippen LogP contribution in [0.4, 0.5) is 5.69 Å². The summed E-state index contributed by atoms with van der Waals surface area (Å²) < 4.78 is 35.0. The molecule has 6 rings (SSSR count). The summed E-state index contributed by atoms with van der Waals surface area (Å²) >= 11 is 0. The van der Waals surface area contributed by atoms with Gasteiger partial charge in [-0.3, -0.25) is 0 Å². The van der Waals surface area contributed by atoms with E-state index in [0.717, 1.165) is 22.4 Å². The van der Waals surface area contributed by atoms with Crippen LogP contribution in [0.5, 0.6) is 0 Å². The smallest absolute Gasteiger partial charge is 0.396 e. The Morgan fingerprint density at radius 3 is 2.60 bits per heavy atom. The molecule has 0 unspecified atom stereocenters. The summed E-state index contributed by atoms with van der Waals surface area (Å²) in [4.78, 5) is 18.3. The quantitative estimate of drug-likeness (QED) is 0.292. The predicted molar refractivity (Wildman–Crippen MR) is 150 cm³/mol. The van der Waals surface area contributed by atoms with Gasteiger partial charge in [0.25, 0.3) is 0 Å². The van der Waals surface area contributed by atoms with E-state index in [1.165, 1.54) is 18.6 Å². The van der Waals surface area contributed by atoms with Crippen LogP contribution in [0.1, 0.15) is 45.8 Å². The average molecular weight is 557 g/mol. The van der Waals surface area contributed by atoms with Gasteiger partial charge in [0, 0.05) is 55.8 Å². The molecule has 2 aromatic heterocycles. The number of furan rings is 1. The Morgan fingerprint density at radius 1 is 1.12 bits per heavy atom. The van der Waals surface area contributed by atoms with Crippen molar-refractivity contribution in [2.45, 2.75) is 29.8 Å². The van der Waals surface area contributed by atoms with Gasteiger partial charge in [-0.15, -0.1) is 3.89 Å². The molecular formula is C30H30N5O4S+. The van der Waals surface area contributed by atoms with Crippen LogP contribution in [-0.2, 0) is 29.0 Å². The van der Waals surface area contributed by atoms with Gasteiger partial charge in [0.15, 0.2) is 5.76 Å². The zero-order valence-electron chi connectivity index (χ0n) is 22.1. The summed E-state index contributed by atoms with van der Waals surface area (Å²) in [6, 6.07) is 18.7. The molecule has 1 saturated heterocycles. The molecule has 0 atom stereocenters. The number of quaternary nitrogens is 1. The number of nitrogens with zero attached hydrogens (tertiary/aromatic N) is 3. The maximum absolute atomic E-state index is 14.2. The number of hydrogen-bond acceptors (Lipinski definition) is 7. The largest absolute Gasteiger partial charge is 0.438 e. The van der Waals surface area contributed by atoms with Crippen LogP contribution in [0.15, 0.2) is 82.6 Å². The van der Waals surface area contributed by atoms with Crippen LogP contribution in [0.2, 0.25) is 0 Å². The fourth-order valence-electron chi connectivity index (χ4n) is 5.77. The summed E-state index contributed by atoms with van der Waals surface area (Å²) in [5, 5.41) is 3.34. The molecule has 2 aliphatic rings. The Labute approximate surface area is 233 Å². The van der Waals surface area contributed by atoms with Crippen molar-refractivity contribution in [2.24, 2.45) is 12.8 Å². The normalized spacial score (nSPS) is 21.9. The highest BCUT2D eigenvalue weighted by molar-refractivity contribution is 7.86. The van der Waals surface area contributed by atoms with Crippen LogP contribution in [-0.4, -0.2) is 47.4 Å².